The van der Waals surface area contributed by atoms with Gasteiger partial charge < -0.3 is 10.5 Å². The van der Waals surface area contributed by atoms with E-state index in [1.54, 1.807) is 0 Å². The molecule has 3 nitrogen and oxygen atoms in total. The Morgan fingerprint density at radius 2 is 2.18 bits per heavy atom. The highest BCUT2D eigenvalue weighted by atomic mass is 35.5. The number of rotatable bonds is 4. The van der Waals surface area contributed by atoms with Crippen LogP contribution in [0.3, 0.4) is 0 Å². The first-order chi connectivity index (χ1) is 4.70. The van der Waals surface area contributed by atoms with Crippen LogP contribution in [0.15, 0.2) is 0 Å². The van der Waals surface area contributed by atoms with Gasteiger partial charge in [0, 0.05) is 6.42 Å². The molecular formula is C7H16ClNO2. The fraction of sp³-hybridized carbons (Fsp3) is 0.857. The van der Waals surface area contributed by atoms with Gasteiger partial charge in [0.2, 0.25) is 0 Å². The number of hydrogen-bond acceptors (Lipinski definition) is 3. The maximum absolute atomic E-state index is 10.6. The van der Waals surface area contributed by atoms with Crippen molar-refractivity contribution in [3.05, 3.63) is 0 Å². The summed E-state index contributed by atoms with van der Waals surface area (Å²) in [6.45, 7) is 2.65. The largest absolute Gasteiger partial charge is 0.469 e. The minimum Gasteiger partial charge on any atom is -0.469 e. The Balaban J connectivity index is 0. The monoisotopic (exact) mass is 181 g/mol. The standard InChI is InChI=1S/C7H15NO2.ClH/c1-6(5-8)3-4-7(9)10-2;/h6H,3-5,8H2,1-2H3;1H/t6-;/m0./s1. The third-order valence-electron chi connectivity index (χ3n) is 1.47. The van der Waals surface area contributed by atoms with E-state index in [0.717, 1.165) is 6.42 Å². The second-order valence-electron chi connectivity index (χ2n) is 2.46. The summed E-state index contributed by atoms with van der Waals surface area (Å²) < 4.78 is 4.47. The van der Waals surface area contributed by atoms with Crippen LogP contribution in [0.2, 0.25) is 0 Å². The predicted molar refractivity (Wildman–Crippen MR) is 46.7 cm³/mol. The van der Waals surface area contributed by atoms with E-state index in [1.807, 2.05) is 6.92 Å². The summed E-state index contributed by atoms with van der Waals surface area (Å²) in [5, 5.41) is 0. The molecule has 0 aliphatic carbocycles. The third kappa shape index (κ3) is 7.62. The van der Waals surface area contributed by atoms with Crippen LogP contribution in [0.5, 0.6) is 0 Å². The van der Waals surface area contributed by atoms with E-state index in [2.05, 4.69) is 4.74 Å². The number of esters is 1. The molecule has 4 heteroatoms. The van der Waals surface area contributed by atoms with Gasteiger partial charge in [0.05, 0.1) is 7.11 Å². The molecule has 0 bridgehead atoms. The average molecular weight is 182 g/mol. The lowest BCUT2D eigenvalue weighted by Gasteiger charge is -2.05. The first kappa shape index (κ1) is 13.3. The molecule has 0 heterocycles. The molecule has 0 rings (SSSR count). The summed E-state index contributed by atoms with van der Waals surface area (Å²) in [6.07, 6.45) is 1.30. The molecule has 2 N–H and O–H groups in total. The van der Waals surface area contributed by atoms with Gasteiger partial charge in [-0.25, -0.2) is 0 Å². The summed E-state index contributed by atoms with van der Waals surface area (Å²) >= 11 is 0. The smallest absolute Gasteiger partial charge is 0.305 e. The van der Waals surface area contributed by atoms with Gasteiger partial charge in [0.1, 0.15) is 0 Å². The maximum Gasteiger partial charge on any atom is 0.305 e. The quantitative estimate of drug-likeness (QED) is 0.658. The highest BCUT2D eigenvalue weighted by Gasteiger charge is 2.03. The maximum atomic E-state index is 10.6. The topological polar surface area (TPSA) is 52.3 Å². The zero-order valence-corrected chi connectivity index (χ0v) is 7.82. The number of carbonyl (C=O) groups excluding carboxylic acids is 1. The molecule has 0 amide bonds. The Morgan fingerprint density at radius 1 is 1.64 bits per heavy atom. The molecule has 0 saturated heterocycles. The molecule has 68 valence electrons. The van der Waals surface area contributed by atoms with E-state index in [0.29, 0.717) is 18.9 Å². The minimum absolute atomic E-state index is 0. The lowest BCUT2D eigenvalue weighted by Crippen LogP contribution is -2.12. The molecule has 0 aromatic heterocycles. The Morgan fingerprint density at radius 3 is 2.55 bits per heavy atom. The molecule has 1 atom stereocenters. The van der Waals surface area contributed by atoms with Gasteiger partial charge in [0.25, 0.3) is 0 Å². The molecule has 0 aliphatic rings. The summed E-state index contributed by atoms with van der Waals surface area (Å²) in [5.41, 5.74) is 5.35. The highest BCUT2D eigenvalue weighted by molar-refractivity contribution is 5.85. The van der Waals surface area contributed by atoms with Gasteiger partial charge in [-0.05, 0) is 18.9 Å². The van der Waals surface area contributed by atoms with E-state index < -0.39 is 0 Å². The Labute approximate surface area is 73.7 Å². The van der Waals surface area contributed by atoms with Gasteiger partial charge in [-0.2, -0.15) is 0 Å². The number of nitrogens with two attached hydrogens (primary N) is 1. The lowest BCUT2D eigenvalue weighted by molar-refractivity contribution is -0.140. The van der Waals surface area contributed by atoms with Crippen LogP contribution in [0.25, 0.3) is 0 Å². The summed E-state index contributed by atoms with van der Waals surface area (Å²) in [5.74, 6) is 0.263. The molecule has 0 fully saturated rings. The van der Waals surface area contributed by atoms with E-state index in [4.69, 9.17) is 5.73 Å². The second kappa shape index (κ2) is 7.82. The zero-order chi connectivity index (χ0) is 7.98. The highest BCUT2D eigenvalue weighted by Crippen LogP contribution is 2.03. The van der Waals surface area contributed by atoms with Gasteiger partial charge in [-0.15, -0.1) is 12.4 Å². The van der Waals surface area contributed by atoms with Crippen molar-refractivity contribution in [2.45, 2.75) is 19.8 Å². The van der Waals surface area contributed by atoms with E-state index in [1.165, 1.54) is 7.11 Å². The Bertz CT molecular complexity index is 109. The molecule has 0 aromatic carbocycles. The van der Waals surface area contributed by atoms with E-state index >= 15 is 0 Å². The van der Waals surface area contributed by atoms with Crippen LogP contribution in [0.4, 0.5) is 0 Å². The fourth-order valence-corrected chi connectivity index (χ4v) is 0.584. The van der Waals surface area contributed by atoms with Gasteiger partial charge in [-0.1, -0.05) is 6.92 Å². The van der Waals surface area contributed by atoms with E-state index in [9.17, 15) is 4.79 Å². The number of hydrogen-bond donors (Lipinski definition) is 1. The molecular weight excluding hydrogens is 166 g/mol. The van der Waals surface area contributed by atoms with Gasteiger partial charge in [0.15, 0.2) is 0 Å². The van der Waals surface area contributed by atoms with Crippen molar-refractivity contribution in [3.8, 4) is 0 Å². The SMILES string of the molecule is COC(=O)CC[C@H](C)CN.Cl. The Kier molecular flexibility index (Phi) is 9.47. The van der Waals surface area contributed by atoms with Crippen molar-refractivity contribution in [1.29, 1.82) is 0 Å². The first-order valence-electron chi connectivity index (χ1n) is 3.47. The minimum atomic E-state index is -0.153. The van der Waals surface area contributed by atoms with Crippen LogP contribution in [-0.4, -0.2) is 19.6 Å². The van der Waals surface area contributed by atoms with Crippen LogP contribution >= 0.6 is 12.4 Å². The van der Waals surface area contributed by atoms with Gasteiger partial charge in [-0.3, -0.25) is 4.79 Å². The second-order valence-corrected chi connectivity index (χ2v) is 2.46. The molecule has 0 saturated carbocycles. The van der Waals surface area contributed by atoms with Crippen LogP contribution in [-0.2, 0) is 9.53 Å². The van der Waals surface area contributed by atoms with Gasteiger partial charge >= 0.3 is 5.97 Å². The molecule has 0 aliphatic heterocycles. The summed E-state index contributed by atoms with van der Waals surface area (Å²) in [6, 6.07) is 0. The van der Waals surface area contributed by atoms with Crippen molar-refractivity contribution in [1.82, 2.24) is 0 Å². The molecule has 0 radical (unpaired) electrons. The number of methoxy groups -OCH3 is 1. The zero-order valence-electron chi connectivity index (χ0n) is 7.00. The Hall–Kier alpha value is -0.280. The van der Waals surface area contributed by atoms with Crippen LogP contribution in [0.1, 0.15) is 19.8 Å². The molecule has 11 heavy (non-hydrogen) atoms. The van der Waals surface area contributed by atoms with E-state index in [-0.39, 0.29) is 18.4 Å². The number of halogens is 1. The van der Waals surface area contributed by atoms with Crippen LogP contribution < -0.4 is 5.73 Å². The molecule has 0 aromatic rings. The first-order valence-corrected chi connectivity index (χ1v) is 3.47. The van der Waals surface area contributed by atoms with Crippen molar-refractivity contribution in [2.24, 2.45) is 11.7 Å². The number of carbonyl (C=O) groups is 1. The lowest BCUT2D eigenvalue weighted by atomic mass is 10.1. The average Bonchev–Trinajstić information content (AvgIpc) is 1.99. The third-order valence-corrected chi connectivity index (χ3v) is 1.47. The molecule has 0 unspecified atom stereocenters. The van der Waals surface area contributed by atoms with Crippen molar-refractivity contribution < 1.29 is 9.53 Å². The predicted octanol–water partition coefficient (Wildman–Crippen LogP) is 0.956. The van der Waals surface area contributed by atoms with Crippen molar-refractivity contribution in [2.75, 3.05) is 13.7 Å². The van der Waals surface area contributed by atoms with Crippen LogP contribution in [0, 0.1) is 5.92 Å². The normalized spacial score (nSPS) is 11.5. The summed E-state index contributed by atoms with van der Waals surface area (Å²) in [4.78, 5) is 10.6. The molecule has 0 spiro atoms. The fourth-order valence-electron chi connectivity index (χ4n) is 0.584. The summed E-state index contributed by atoms with van der Waals surface area (Å²) in [7, 11) is 1.40. The van der Waals surface area contributed by atoms with Crippen molar-refractivity contribution in [3.63, 3.8) is 0 Å². The van der Waals surface area contributed by atoms with Crippen molar-refractivity contribution >= 4 is 18.4 Å². The number of ether oxygens (including phenoxy) is 1.